The topological polar surface area (TPSA) is 45.0 Å². The van der Waals surface area contributed by atoms with Crippen LogP contribution < -0.4 is 5.32 Å². The van der Waals surface area contributed by atoms with Gasteiger partial charge in [0.2, 0.25) is 0 Å². The molecule has 110 valence electrons. The molecule has 0 radical (unpaired) electrons. The van der Waals surface area contributed by atoms with E-state index in [4.69, 9.17) is 4.74 Å². The molecule has 1 unspecified atom stereocenters. The minimum absolute atomic E-state index is 0.400. The first-order valence-electron chi connectivity index (χ1n) is 7.58. The van der Waals surface area contributed by atoms with Gasteiger partial charge >= 0.3 is 0 Å². The Kier molecular flexibility index (Phi) is 7.94. The summed E-state index contributed by atoms with van der Waals surface area (Å²) in [6.45, 7) is 6.20. The van der Waals surface area contributed by atoms with E-state index in [1.165, 1.54) is 12.8 Å². The second-order valence-corrected chi connectivity index (χ2v) is 5.07. The Morgan fingerprint density at radius 2 is 1.90 bits per heavy atom. The van der Waals surface area contributed by atoms with E-state index >= 15 is 0 Å². The maximum atomic E-state index is 9.67. The monoisotopic (exact) mass is 274 g/mol. The largest absolute Gasteiger partial charge is 0.378 e. The third-order valence-corrected chi connectivity index (χ3v) is 3.35. The van der Waals surface area contributed by atoms with Gasteiger partial charge in [0.1, 0.15) is 0 Å². The van der Waals surface area contributed by atoms with Gasteiger partial charge in [0.05, 0.1) is 12.7 Å². The molecular weight excluding hydrogens is 248 g/mol. The van der Waals surface area contributed by atoms with Crippen LogP contribution in [0.15, 0.2) is 30.3 Å². The summed E-state index contributed by atoms with van der Waals surface area (Å²) < 4.78 is 5.76. The van der Waals surface area contributed by atoms with E-state index in [2.05, 4.69) is 25.2 Å². The highest BCUT2D eigenvalue weighted by Gasteiger charge is 2.31. The van der Waals surface area contributed by atoms with Crippen LogP contribution in [0.5, 0.6) is 0 Å². The number of hydrogen-bond acceptors (Lipinski definition) is 3. The number of benzene rings is 1. The van der Waals surface area contributed by atoms with Crippen molar-refractivity contribution < 1.29 is 4.74 Å². The van der Waals surface area contributed by atoms with Crippen molar-refractivity contribution in [2.45, 2.75) is 45.1 Å². The number of nitriles is 1. The molecule has 0 aromatic heterocycles. The van der Waals surface area contributed by atoms with Gasteiger partial charge in [-0.25, -0.2) is 0 Å². The first-order chi connectivity index (χ1) is 9.79. The van der Waals surface area contributed by atoms with Crippen LogP contribution in [0.2, 0.25) is 0 Å². The fourth-order valence-electron chi connectivity index (χ4n) is 2.11. The van der Waals surface area contributed by atoms with Crippen molar-refractivity contribution in [2.75, 3.05) is 19.8 Å². The second-order valence-electron chi connectivity index (χ2n) is 5.07. The quantitative estimate of drug-likeness (QED) is 0.663. The number of hydrogen-bond donors (Lipinski definition) is 1. The molecule has 1 N–H and O–H groups in total. The Bertz CT molecular complexity index is 399. The van der Waals surface area contributed by atoms with Crippen molar-refractivity contribution in [3.63, 3.8) is 0 Å². The number of unbranched alkanes of at least 4 members (excludes halogenated alkanes) is 2. The molecule has 1 atom stereocenters. The molecule has 0 aliphatic carbocycles. The van der Waals surface area contributed by atoms with Crippen molar-refractivity contribution in [2.24, 2.45) is 0 Å². The lowest BCUT2D eigenvalue weighted by Crippen LogP contribution is -2.45. The van der Waals surface area contributed by atoms with Crippen LogP contribution in [0, 0.1) is 11.3 Å². The summed E-state index contributed by atoms with van der Waals surface area (Å²) >= 11 is 0. The van der Waals surface area contributed by atoms with E-state index in [1.54, 1.807) is 0 Å². The predicted octanol–water partition coefficient (Wildman–Crippen LogP) is 3.61. The average Bonchev–Trinajstić information content (AvgIpc) is 2.51. The zero-order chi connectivity index (χ0) is 14.7. The van der Waals surface area contributed by atoms with Crippen LogP contribution in [-0.2, 0) is 10.3 Å². The third-order valence-electron chi connectivity index (χ3n) is 3.35. The second kappa shape index (κ2) is 9.52. The lowest BCUT2D eigenvalue weighted by atomic mass is 9.92. The number of nitrogens with one attached hydrogen (secondary N) is 1. The standard InChI is InChI=1S/C17H26N2O/c1-3-5-9-13-20-15-17(14-18,19-12-4-2)16-10-7-6-8-11-16/h6-8,10-11,19H,3-5,9,12-13,15H2,1-2H3. The lowest BCUT2D eigenvalue weighted by Gasteiger charge is -2.28. The van der Waals surface area contributed by atoms with Crippen LogP contribution in [0.3, 0.4) is 0 Å². The fraction of sp³-hybridized carbons (Fsp3) is 0.588. The fourth-order valence-corrected chi connectivity index (χ4v) is 2.11. The van der Waals surface area contributed by atoms with Crippen molar-refractivity contribution in [3.05, 3.63) is 35.9 Å². The summed E-state index contributed by atoms with van der Waals surface area (Å²) in [6, 6.07) is 12.3. The van der Waals surface area contributed by atoms with Gasteiger partial charge in [-0.2, -0.15) is 5.26 Å². The van der Waals surface area contributed by atoms with Gasteiger partial charge in [0.15, 0.2) is 5.54 Å². The normalized spacial score (nSPS) is 13.7. The number of nitrogens with zero attached hydrogens (tertiary/aromatic N) is 1. The van der Waals surface area contributed by atoms with E-state index in [0.717, 1.165) is 31.6 Å². The highest BCUT2D eigenvalue weighted by molar-refractivity contribution is 5.31. The smallest absolute Gasteiger partial charge is 0.155 e. The maximum Gasteiger partial charge on any atom is 0.155 e. The van der Waals surface area contributed by atoms with E-state index in [0.29, 0.717) is 6.61 Å². The van der Waals surface area contributed by atoms with Crippen LogP contribution in [-0.4, -0.2) is 19.8 Å². The van der Waals surface area contributed by atoms with E-state index in [1.807, 2.05) is 30.3 Å². The van der Waals surface area contributed by atoms with Gasteiger partial charge in [-0.3, -0.25) is 5.32 Å². The molecule has 0 fully saturated rings. The molecule has 0 bridgehead atoms. The molecule has 20 heavy (non-hydrogen) atoms. The molecule has 1 aromatic rings. The summed E-state index contributed by atoms with van der Waals surface area (Å²) in [5.41, 5.74) is 0.246. The SMILES string of the molecule is CCCCCOCC(C#N)(NCCC)c1ccccc1. The minimum atomic E-state index is -0.733. The number of ether oxygens (including phenoxy) is 1. The van der Waals surface area contributed by atoms with Crippen LogP contribution in [0.4, 0.5) is 0 Å². The van der Waals surface area contributed by atoms with E-state index < -0.39 is 5.54 Å². The molecule has 0 aliphatic heterocycles. The third kappa shape index (κ3) is 4.96. The zero-order valence-electron chi connectivity index (χ0n) is 12.7. The molecule has 0 heterocycles. The molecule has 0 amide bonds. The van der Waals surface area contributed by atoms with Gasteiger partial charge in [0.25, 0.3) is 0 Å². The first kappa shape index (κ1) is 16.7. The van der Waals surface area contributed by atoms with Crippen molar-refractivity contribution in [3.8, 4) is 6.07 Å². The molecule has 0 saturated heterocycles. The number of rotatable bonds is 10. The first-order valence-corrected chi connectivity index (χ1v) is 7.58. The summed E-state index contributed by atoms with van der Waals surface area (Å²) in [5, 5.41) is 13.0. The van der Waals surface area contributed by atoms with Gasteiger partial charge in [-0.15, -0.1) is 0 Å². The molecule has 3 nitrogen and oxygen atoms in total. The van der Waals surface area contributed by atoms with Gasteiger partial charge < -0.3 is 4.74 Å². The van der Waals surface area contributed by atoms with E-state index in [9.17, 15) is 5.26 Å². The zero-order valence-corrected chi connectivity index (χ0v) is 12.7. The average molecular weight is 274 g/mol. The van der Waals surface area contributed by atoms with Crippen molar-refractivity contribution in [1.29, 1.82) is 5.26 Å². The Hall–Kier alpha value is -1.37. The Morgan fingerprint density at radius 3 is 2.50 bits per heavy atom. The Balaban J connectivity index is 2.71. The summed E-state index contributed by atoms with van der Waals surface area (Å²) in [4.78, 5) is 0. The van der Waals surface area contributed by atoms with Gasteiger partial charge in [-0.1, -0.05) is 57.0 Å². The molecule has 0 aliphatic rings. The van der Waals surface area contributed by atoms with Crippen molar-refractivity contribution >= 4 is 0 Å². The maximum absolute atomic E-state index is 9.67. The summed E-state index contributed by atoms with van der Waals surface area (Å²) in [7, 11) is 0. The Labute approximate surface area is 123 Å². The van der Waals surface area contributed by atoms with Crippen LogP contribution in [0.25, 0.3) is 0 Å². The molecule has 1 rings (SSSR count). The molecule has 0 spiro atoms. The highest BCUT2D eigenvalue weighted by atomic mass is 16.5. The Morgan fingerprint density at radius 1 is 1.15 bits per heavy atom. The van der Waals surface area contributed by atoms with Crippen molar-refractivity contribution in [1.82, 2.24) is 5.32 Å². The highest BCUT2D eigenvalue weighted by Crippen LogP contribution is 2.21. The predicted molar refractivity (Wildman–Crippen MR) is 82.4 cm³/mol. The molecule has 3 heteroatoms. The van der Waals surface area contributed by atoms with Crippen LogP contribution in [0.1, 0.15) is 45.1 Å². The van der Waals surface area contributed by atoms with Gasteiger partial charge in [0, 0.05) is 6.61 Å². The van der Waals surface area contributed by atoms with Crippen LogP contribution >= 0.6 is 0 Å². The summed E-state index contributed by atoms with van der Waals surface area (Å²) in [6.07, 6.45) is 4.40. The van der Waals surface area contributed by atoms with E-state index in [-0.39, 0.29) is 0 Å². The molecule has 1 aromatic carbocycles. The molecule has 0 saturated carbocycles. The molecular formula is C17H26N2O. The minimum Gasteiger partial charge on any atom is -0.378 e. The van der Waals surface area contributed by atoms with Gasteiger partial charge in [-0.05, 0) is 24.9 Å². The summed E-state index contributed by atoms with van der Waals surface area (Å²) in [5.74, 6) is 0. The lowest BCUT2D eigenvalue weighted by molar-refractivity contribution is 0.0858.